The SMILES string of the molecule is N#Cc1ccc(N(CB(O)O)S(=O)[O-])cn1. The maximum absolute atomic E-state index is 10.8. The molecule has 0 amide bonds. The van der Waals surface area contributed by atoms with E-state index in [9.17, 15) is 8.76 Å². The molecule has 7 nitrogen and oxygen atoms in total. The first-order valence-corrected chi connectivity index (χ1v) is 5.17. The van der Waals surface area contributed by atoms with Gasteiger partial charge in [-0.25, -0.2) is 4.98 Å². The fourth-order valence-electron chi connectivity index (χ4n) is 1.00. The minimum absolute atomic E-state index is 0.143. The number of nitrogens with zero attached hydrogens (tertiary/aromatic N) is 3. The van der Waals surface area contributed by atoms with Crippen molar-refractivity contribution in [2.45, 2.75) is 0 Å². The molecule has 0 fully saturated rings. The van der Waals surface area contributed by atoms with Crippen LogP contribution in [0.1, 0.15) is 5.69 Å². The van der Waals surface area contributed by atoms with Gasteiger partial charge in [0.1, 0.15) is 11.8 Å². The van der Waals surface area contributed by atoms with Crippen LogP contribution in [0.3, 0.4) is 0 Å². The summed E-state index contributed by atoms with van der Waals surface area (Å²) < 4.78 is 22.3. The molecule has 0 aromatic carbocycles. The summed E-state index contributed by atoms with van der Waals surface area (Å²) in [6, 6.07) is 4.46. The first-order chi connectivity index (χ1) is 7.54. The van der Waals surface area contributed by atoms with Gasteiger partial charge in [-0.05, 0) is 12.1 Å². The van der Waals surface area contributed by atoms with Crippen LogP contribution in [0, 0.1) is 11.3 Å². The average Bonchev–Trinajstić information content (AvgIpc) is 2.25. The number of aromatic nitrogens is 1. The molecule has 84 valence electrons. The van der Waals surface area contributed by atoms with E-state index in [1.54, 1.807) is 6.07 Å². The van der Waals surface area contributed by atoms with Crippen molar-refractivity contribution in [1.82, 2.24) is 4.98 Å². The molecule has 0 spiro atoms. The molecule has 0 bridgehead atoms. The zero-order chi connectivity index (χ0) is 12.1. The lowest BCUT2D eigenvalue weighted by atomic mass is 9.92. The zero-order valence-electron chi connectivity index (χ0n) is 7.98. The lowest BCUT2D eigenvalue weighted by Crippen LogP contribution is -2.36. The highest BCUT2D eigenvalue weighted by Crippen LogP contribution is 2.14. The van der Waals surface area contributed by atoms with E-state index in [2.05, 4.69) is 4.98 Å². The van der Waals surface area contributed by atoms with E-state index >= 15 is 0 Å². The van der Waals surface area contributed by atoms with Gasteiger partial charge in [0.15, 0.2) is 0 Å². The smallest absolute Gasteiger partial charge is 0.473 e. The molecule has 0 aliphatic heterocycles. The molecule has 0 radical (unpaired) electrons. The van der Waals surface area contributed by atoms with Crippen LogP contribution < -0.4 is 4.31 Å². The Morgan fingerprint density at radius 1 is 1.62 bits per heavy atom. The van der Waals surface area contributed by atoms with Gasteiger partial charge in [-0.15, -0.1) is 0 Å². The molecule has 2 N–H and O–H groups in total. The van der Waals surface area contributed by atoms with Gasteiger partial charge in [-0.1, -0.05) is 0 Å². The second-order valence-corrected chi connectivity index (χ2v) is 3.65. The Morgan fingerprint density at radius 2 is 2.31 bits per heavy atom. The van der Waals surface area contributed by atoms with E-state index in [-0.39, 0.29) is 11.4 Å². The quantitative estimate of drug-likeness (QED) is 0.491. The monoisotopic (exact) mass is 240 g/mol. The summed E-state index contributed by atoms with van der Waals surface area (Å²) in [6.45, 7) is 0. The Labute approximate surface area is 94.5 Å². The van der Waals surface area contributed by atoms with Crippen LogP contribution in [0.4, 0.5) is 5.69 Å². The Morgan fingerprint density at radius 3 is 2.69 bits per heavy atom. The highest BCUT2D eigenvalue weighted by molar-refractivity contribution is 7.80. The summed E-state index contributed by atoms with van der Waals surface area (Å²) in [6.07, 6.45) is 0.667. The minimum Gasteiger partial charge on any atom is -0.755 e. The second-order valence-electron chi connectivity index (χ2n) is 2.77. The lowest BCUT2D eigenvalue weighted by Gasteiger charge is -2.25. The number of nitriles is 1. The lowest BCUT2D eigenvalue weighted by molar-refractivity contribution is 0.407. The van der Waals surface area contributed by atoms with Gasteiger partial charge in [0, 0.05) is 11.3 Å². The Bertz CT molecular complexity index is 419. The molecule has 0 saturated carbocycles. The number of hydrogen-bond donors (Lipinski definition) is 2. The van der Waals surface area contributed by atoms with Gasteiger partial charge in [-0.2, -0.15) is 5.26 Å². The molecular formula is C7H7BN3O4S-. The molecule has 9 heteroatoms. The molecule has 0 aliphatic rings. The van der Waals surface area contributed by atoms with Crippen LogP contribution in [0.15, 0.2) is 18.3 Å². The third-order valence-corrected chi connectivity index (χ3v) is 2.38. The molecule has 1 heterocycles. The molecule has 1 unspecified atom stereocenters. The third kappa shape index (κ3) is 3.28. The normalized spacial score (nSPS) is 11.6. The number of anilines is 1. The van der Waals surface area contributed by atoms with Crippen molar-refractivity contribution >= 4 is 24.1 Å². The van der Waals surface area contributed by atoms with E-state index < -0.39 is 24.8 Å². The topological polar surface area (TPSA) is 121 Å². The fraction of sp³-hybridized carbons (Fsp3) is 0.143. The van der Waals surface area contributed by atoms with Crippen molar-refractivity contribution in [3.8, 4) is 6.07 Å². The van der Waals surface area contributed by atoms with Crippen LogP contribution in [-0.2, 0) is 11.3 Å². The summed E-state index contributed by atoms with van der Waals surface area (Å²) in [5.41, 5.74) is 0.297. The van der Waals surface area contributed by atoms with Crippen molar-refractivity contribution in [2.75, 3.05) is 10.7 Å². The van der Waals surface area contributed by atoms with Gasteiger partial charge < -0.3 is 18.9 Å². The Hall–Kier alpha value is -1.47. The predicted octanol–water partition coefficient (Wildman–Crippen LogP) is -1.43. The summed E-state index contributed by atoms with van der Waals surface area (Å²) >= 11 is -2.64. The first kappa shape index (κ1) is 12.6. The number of rotatable bonds is 4. The molecule has 0 aliphatic carbocycles. The van der Waals surface area contributed by atoms with E-state index in [1.165, 1.54) is 12.1 Å². The molecule has 16 heavy (non-hydrogen) atoms. The van der Waals surface area contributed by atoms with E-state index in [1.807, 2.05) is 0 Å². The molecule has 0 saturated heterocycles. The summed E-state index contributed by atoms with van der Waals surface area (Å²) in [7, 11) is -1.78. The summed E-state index contributed by atoms with van der Waals surface area (Å²) in [4.78, 5) is 3.67. The molecule has 1 atom stereocenters. The average molecular weight is 240 g/mol. The third-order valence-electron chi connectivity index (χ3n) is 1.66. The molecule has 1 aromatic heterocycles. The summed E-state index contributed by atoms with van der Waals surface area (Å²) in [5, 5.41) is 25.9. The van der Waals surface area contributed by atoms with Crippen LogP contribution >= 0.6 is 0 Å². The maximum Gasteiger partial charge on any atom is 0.473 e. The molecular weight excluding hydrogens is 233 g/mol. The van der Waals surface area contributed by atoms with Crippen LogP contribution in [0.25, 0.3) is 0 Å². The molecule has 1 rings (SSSR count). The van der Waals surface area contributed by atoms with Crippen molar-refractivity contribution in [3.63, 3.8) is 0 Å². The van der Waals surface area contributed by atoms with Gasteiger partial charge in [-0.3, -0.25) is 4.21 Å². The van der Waals surface area contributed by atoms with E-state index in [4.69, 9.17) is 15.3 Å². The minimum atomic E-state index is -2.64. The van der Waals surface area contributed by atoms with E-state index in [0.717, 1.165) is 10.5 Å². The van der Waals surface area contributed by atoms with Crippen molar-refractivity contribution < 1.29 is 18.8 Å². The van der Waals surface area contributed by atoms with Crippen LogP contribution in [-0.4, -0.2) is 37.4 Å². The number of hydrogen-bond acceptors (Lipinski definition) is 6. The van der Waals surface area contributed by atoms with Crippen LogP contribution in [0.5, 0.6) is 0 Å². The maximum atomic E-state index is 10.8. The highest BCUT2D eigenvalue weighted by atomic mass is 32.2. The Balaban J connectivity index is 2.93. The highest BCUT2D eigenvalue weighted by Gasteiger charge is 2.16. The van der Waals surface area contributed by atoms with Gasteiger partial charge >= 0.3 is 7.12 Å². The standard InChI is InChI=1S/C7H8BN3O4S/c9-3-6-1-2-7(4-10-6)11(16(14)15)5-8(12)13/h1-2,4,12-13H,5H2,(H,14,15)/p-1. The second kappa shape index (κ2) is 5.57. The largest absolute Gasteiger partial charge is 0.755 e. The predicted molar refractivity (Wildman–Crippen MR) is 55.4 cm³/mol. The zero-order valence-corrected chi connectivity index (χ0v) is 8.79. The van der Waals surface area contributed by atoms with Crippen LogP contribution in [0.2, 0.25) is 0 Å². The Kier molecular flexibility index (Phi) is 4.39. The summed E-state index contributed by atoms with van der Waals surface area (Å²) in [5.74, 6) is 0. The first-order valence-electron chi connectivity index (χ1n) is 4.14. The fourth-order valence-corrected chi connectivity index (χ4v) is 1.54. The molecule has 1 aromatic rings. The van der Waals surface area contributed by atoms with Crippen molar-refractivity contribution in [1.29, 1.82) is 5.26 Å². The number of pyridine rings is 1. The van der Waals surface area contributed by atoms with Gasteiger partial charge in [0.25, 0.3) is 0 Å². The van der Waals surface area contributed by atoms with Gasteiger partial charge in [0.05, 0.1) is 18.3 Å². The van der Waals surface area contributed by atoms with Crippen molar-refractivity contribution in [2.24, 2.45) is 0 Å². The van der Waals surface area contributed by atoms with Crippen molar-refractivity contribution in [3.05, 3.63) is 24.0 Å². The van der Waals surface area contributed by atoms with E-state index in [0.29, 0.717) is 0 Å². The van der Waals surface area contributed by atoms with Gasteiger partial charge in [0.2, 0.25) is 0 Å².